The van der Waals surface area contributed by atoms with E-state index in [1.807, 2.05) is 0 Å². The van der Waals surface area contributed by atoms with Crippen LogP contribution in [0.1, 0.15) is 27.6 Å². The lowest BCUT2D eigenvalue weighted by molar-refractivity contribution is -0.115. The van der Waals surface area contributed by atoms with Crippen LogP contribution in [-0.2, 0) is 14.3 Å². The molecule has 2 aromatic rings. The van der Waals surface area contributed by atoms with Crippen LogP contribution in [0.25, 0.3) is 0 Å². The molecule has 6 nitrogen and oxygen atoms in total. The molecule has 0 spiro atoms. The van der Waals surface area contributed by atoms with Gasteiger partial charge in [-0.1, -0.05) is 23.2 Å². The molecule has 2 aromatic carbocycles. The zero-order chi connectivity index (χ0) is 19.4. The first kappa shape index (κ1) is 19.8. The van der Waals surface area contributed by atoms with Gasteiger partial charge in [0.1, 0.15) is 0 Å². The Morgan fingerprint density at radius 3 is 2.08 bits per heavy atom. The van der Waals surface area contributed by atoms with E-state index in [9.17, 15) is 14.4 Å². The molecule has 0 aliphatic rings. The summed E-state index contributed by atoms with van der Waals surface area (Å²) in [6, 6.07) is 8.72. The molecule has 26 heavy (non-hydrogen) atoms. The average Bonchev–Trinajstić information content (AvgIpc) is 2.62. The molecule has 1 amide bonds. The van der Waals surface area contributed by atoms with Crippen molar-refractivity contribution in [3.05, 3.63) is 57.6 Å². The molecule has 0 heterocycles. The Morgan fingerprint density at radius 1 is 0.885 bits per heavy atom. The maximum atomic E-state index is 12.4. The summed E-state index contributed by atoms with van der Waals surface area (Å²) in [6.45, 7) is 1.30. The van der Waals surface area contributed by atoms with Gasteiger partial charge in [0.05, 0.1) is 41.7 Å². The quantitative estimate of drug-likeness (QED) is 0.723. The van der Waals surface area contributed by atoms with Crippen molar-refractivity contribution < 1.29 is 23.9 Å². The number of anilines is 2. The van der Waals surface area contributed by atoms with Crippen LogP contribution in [0.4, 0.5) is 11.4 Å². The van der Waals surface area contributed by atoms with Crippen LogP contribution in [0, 0.1) is 0 Å². The predicted octanol–water partition coefficient (Wildman–Crippen LogP) is 4.25. The zero-order valence-corrected chi connectivity index (χ0v) is 15.7. The van der Waals surface area contributed by atoms with Gasteiger partial charge in [0, 0.05) is 11.9 Å². The first-order valence-electron chi connectivity index (χ1n) is 7.36. The number of benzene rings is 2. The van der Waals surface area contributed by atoms with Crippen molar-refractivity contribution in [3.63, 3.8) is 0 Å². The van der Waals surface area contributed by atoms with Crippen molar-refractivity contribution in [2.75, 3.05) is 19.1 Å². The summed E-state index contributed by atoms with van der Waals surface area (Å²) in [4.78, 5) is 37.6. The number of hydrogen-bond acceptors (Lipinski definition) is 5. The number of esters is 2. The number of rotatable bonds is 4. The Hall–Kier alpha value is -2.57. The number of amides is 1. The maximum Gasteiger partial charge on any atom is 0.339 e. The van der Waals surface area contributed by atoms with Gasteiger partial charge in [-0.3, -0.25) is 9.69 Å². The number of hydrogen-bond donors (Lipinski definition) is 0. The van der Waals surface area contributed by atoms with Crippen LogP contribution in [0.5, 0.6) is 0 Å². The van der Waals surface area contributed by atoms with E-state index in [1.165, 1.54) is 56.4 Å². The number of carbonyl (C=O) groups is 3. The Morgan fingerprint density at radius 2 is 1.54 bits per heavy atom. The minimum absolute atomic E-state index is 0.0846. The fourth-order valence-electron chi connectivity index (χ4n) is 2.38. The summed E-state index contributed by atoms with van der Waals surface area (Å²) in [7, 11) is 2.45. The monoisotopic (exact) mass is 395 g/mol. The zero-order valence-electron chi connectivity index (χ0n) is 14.2. The minimum atomic E-state index is -0.673. The summed E-state index contributed by atoms with van der Waals surface area (Å²) in [5.41, 5.74) is 0.681. The molecule has 0 radical (unpaired) electrons. The number of carbonyl (C=O) groups excluding carboxylic acids is 3. The average molecular weight is 396 g/mol. The number of methoxy groups -OCH3 is 2. The summed E-state index contributed by atoms with van der Waals surface area (Å²) >= 11 is 12.1. The lowest BCUT2D eigenvalue weighted by atomic mass is 10.1. The van der Waals surface area contributed by atoms with E-state index < -0.39 is 17.8 Å². The standard InChI is InChI=1S/C18H15Cl2NO5/c1-10(22)21(15-7-5-12(19)9-14(15)20)16-8-11(17(23)25-2)4-6-13(16)18(24)26-3/h4-9H,1-3H3. The van der Waals surface area contributed by atoms with Gasteiger partial charge < -0.3 is 9.47 Å². The summed E-state index contributed by atoms with van der Waals surface area (Å²) in [5.74, 6) is -1.72. The molecule has 0 fully saturated rings. The van der Waals surface area contributed by atoms with E-state index in [-0.39, 0.29) is 21.8 Å². The molecule has 0 N–H and O–H groups in total. The van der Waals surface area contributed by atoms with E-state index in [2.05, 4.69) is 0 Å². The molecule has 0 saturated heterocycles. The van der Waals surface area contributed by atoms with Crippen LogP contribution in [0.2, 0.25) is 10.0 Å². The molecular weight excluding hydrogens is 381 g/mol. The molecule has 8 heteroatoms. The van der Waals surface area contributed by atoms with E-state index in [0.29, 0.717) is 10.7 Å². The molecule has 0 unspecified atom stereocenters. The third-order valence-electron chi connectivity index (χ3n) is 3.53. The summed E-state index contributed by atoms with van der Waals surface area (Å²) < 4.78 is 9.47. The molecule has 0 saturated carbocycles. The Labute approximate surface area is 160 Å². The highest BCUT2D eigenvalue weighted by Crippen LogP contribution is 2.36. The number of nitrogens with zero attached hydrogens (tertiary/aromatic N) is 1. The van der Waals surface area contributed by atoms with E-state index in [1.54, 1.807) is 6.07 Å². The third-order valence-corrected chi connectivity index (χ3v) is 4.07. The van der Waals surface area contributed by atoms with Crippen molar-refractivity contribution in [2.45, 2.75) is 6.92 Å². The minimum Gasteiger partial charge on any atom is -0.465 e. The topological polar surface area (TPSA) is 72.9 Å². The van der Waals surface area contributed by atoms with E-state index in [4.69, 9.17) is 32.7 Å². The van der Waals surface area contributed by atoms with Crippen LogP contribution in [0.3, 0.4) is 0 Å². The van der Waals surface area contributed by atoms with Crippen molar-refractivity contribution >= 4 is 52.4 Å². The highest BCUT2D eigenvalue weighted by molar-refractivity contribution is 6.37. The van der Waals surface area contributed by atoms with Crippen molar-refractivity contribution in [1.29, 1.82) is 0 Å². The Kier molecular flexibility index (Phi) is 6.23. The van der Waals surface area contributed by atoms with Gasteiger partial charge in [-0.05, 0) is 36.4 Å². The second kappa shape index (κ2) is 8.21. The smallest absolute Gasteiger partial charge is 0.339 e. The largest absolute Gasteiger partial charge is 0.465 e. The molecule has 0 atom stereocenters. The molecule has 0 aliphatic carbocycles. The lowest BCUT2D eigenvalue weighted by Gasteiger charge is -2.25. The van der Waals surface area contributed by atoms with Crippen LogP contribution in [-0.4, -0.2) is 32.1 Å². The first-order valence-corrected chi connectivity index (χ1v) is 8.12. The van der Waals surface area contributed by atoms with Gasteiger partial charge >= 0.3 is 11.9 Å². The summed E-state index contributed by atoms with van der Waals surface area (Å²) in [6.07, 6.45) is 0. The van der Waals surface area contributed by atoms with Crippen molar-refractivity contribution in [3.8, 4) is 0 Å². The molecule has 0 aromatic heterocycles. The van der Waals surface area contributed by atoms with Crippen LogP contribution >= 0.6 is 23.2 Å². The van der Waals surface area contributed by atoms with Crippen LogP contribution in [0.15, 0.2) is 36.4 Å². The fraction of sp³-hybridized carbons (Fsp3) is 0.167. The molecule has 0 aliphatic heterocycles. The number of ether oxygens (including phenoxy) is 2. The first-order chi connectivity index (χ1) is 12.3. The van der Waals surface area contributed by atoms with Gasteiger partial charge in [-0.2, -0.15) is 0 Å². The highest BCUT2D eigenvalue weighted by Gasteiger charge is 2.25. The summed E-state index contributed by atoms with van der Waals surface area (Å²) in [5, 5.41) is 0.589. The van der Waals surface area contributed by atoms with Gasteiger partial charge in [-0.15, -0.1) is 0 Å². The van der Waals surface area contributed by atoms with Gasteiger partial charge in [-0.25, -0.2) is 9.59 Å². The van der Waals surface area contributed by atoms with Gasteiger partial charge in [0.25, 0.3) is 0 Å². The fourth-order valence-corrected chi connectivity index (χ4v) is 2.87. The third kappa shape index (κ3) is 3.98. The van der Waals surface area contributed by atoms with Gasteiger partial charge in [0.2, 0.25) is 5.91 Å². The Balaban J connectivity index is 2.75. The van der Waals surface area contributed by atoms with E-state index in [0.717, 1.165) is 0 Å². The van der Waals surface area contributed by atoms with Gasteiger partial charge in [0.15, 0.2) is 0 Å². The predicted molar refractivity (Wildman–Crippen MR) is 98.4 cm³/mol. The lowest BCUT2D eigenvalue weighted by Crippen LogP contribution is -2.26. The SMILES string of the molecule is COC(=O)c1ccc(C(=O)OC)c(N(C(C)=O)c2ccc(Cl)cc2Cl)c1. The molecular formula is C18H15Cl2NO5. The molecule has 2 rings (SSSR count). The normalized spacial score (nSPS) is 10.2. The van der Waals surface area contributed by atoms with Crippen LogP contribution < -0.4 is 4.90 Å². The van der Waals surface area contributed by atoms with Crippen molar-refractivity contribution in [2.24, 2.45) is 0 Å². The number of halogens is 2. The second-order valence-electron chi connectivity index (χ2n) is 5.17. The molecule has 136 valence electrons. The van der Waals surface area contributed by atoms with E-state index >= 15 is 0 Å². The Bertz CT molecular complexity index is 882. The molecule has 0 bridgehead atoms. The second-order valence-corrected chi connectivity index (χ2v) is 6.01. The maximum absolute atomic E-state index is 12.4. The highest BCUT2D eigenvalue weighted by atomic mass is 35.5. The van der Waals surface area contributed by atoms with Crippen molar-refractivity contribution in [1.82, 2.24) is 0 Å².